The Morgan fingerprint density at radius 3 is 2.56 bits per heavy atom. The maximum atomic E-state index is 11.4. The zero-order valence-corrected chi connectivity index (χ0v) is 9.99. The van der Waals surface area contributed by atoms with Gasteiger partial charge in [0.25, 0.3) is 0 Å². The molecule has 1 aromatic rings. The number of hydrogen-bond donors (Lipinski definition) is 2. The number of ether oxygens (including phenoxy) is 1. The first-order valence-corrected chi connectivity index (χ1v) is 6.53. The van der Waals surface area contributed by atoms with E-state index >= 15 is 0 Å². The topological polar surface area (TPSA) is 89.6 Å². The lowest BCUT2D eigenvalue weighted by molar-refractivity contribution is 0.264. The van der Waals surface area contributed by atoms with Crippen molar-refractivity contribution in [1.82, 2.24) is 0 Å². The van der Waals surface area contributed by atoms with Crippen LogP contribution in [0.3, 0.4) is 0 Å². The van der Waals surface area contributed by atoms with Crippen LogP contribution in [0.1, 0.15) is 11.6 Å². The van der Waals surface area contributed by atoms with Crippen molar-refractivity contribution in [1.29, 1.82) is 0 Å². The van der Waals surface area contributed by atoms with Gasteiger partial charge in [0.1, 0.15) is 5.75 Å². The van der Waals surface area contributed by atoms with Crippen LogP contribution in [0.5, 0.6) is 5.75 Å². The van der Waals surface area contributed by atoms with Crippen molar-refractivity contribution in [3.8, 4) is 5.75 Å². The Kier molecular flexibility index (Phi) is 3.90. The molecule has 0 fully saturated rings. The molecule has 0 aliphatic carbocycles. The molecule has 0 saturated heterocycles. The lowest BCUT2D eigenvalue weighted by atomic mass is 10.1. The van der Waals surface area contributed by atoms with E-state index in [0.29, 0.717) is 11.3 Å². The third-order valence-electron chi connectivity index (χ3n) is 2.23. The predicted molar refractivity (Wildman–Crippen MR) is 60.1 cm³/mol. The van der Waals surface area contributed by atoms with Crippen LogP contribution in [0.25, 0.3) is 0 Å². The van der Waals surface area contributed by atoms with Gasteiger partial charge in [-0.15, -0.1) is 0 Å². The summed E-state index contributed by atoms with van der Waals surface area (Å²) in [7, 11) is -1.82. The van der Waals surface area contributed by atoms with Crippen molar-refractivity contribution in [2.45, 2.75) is 10.9 Å². The van der Waals surface area contributed by atoms with Gasteiger partial charge in [0.05, 0.1) is 24.7 Å². The summed E-state index contributed by atoms with van der Waals surface area (Å²) < 4.78 is 27.8. The van der Waals surface area contributed by atoms with Gasteiger partial charge in [-0.2, -0.15) is 0 Å². The van der Waals surface area contributed by atoms with Gasteiger partial charge >= 0.3 is 0 Å². The number of aliphatic hydroxyl groups excluding tert-OH is 1. The molecule has 6 heteroatoms. The number of nitrogens with two attached hydrogens (primary N) is 1. The summed E-state index contributed by atoms with van der Waals surface area (Å²) >= 11 is 0. The Morgan fingerprint density at radius 1 is 1.50 bits per heavy atom. The van der Waals surface area contributed by atoms with Gasteiger partial charge in [0, 0.05) is 11.8 Å². The molecule has 0 saturated carbocycles. The van der Waals surface area contributed by atoms with Gasteiger partial charge in [-0.1, -0.05) is 0 Å². The number of hydrogen-bond acceptors (Lipinski definition) is 5. The number of rotatable bonds is 4. The van der Waals surface area contributed by atoms with E-state index in [9.17, 15) is 8.42 Å². The number of methoxy groups -OCH3 is 1. The SMILES string of the molecule is COc1ccc(S(C)(=O)=O)cc1C(N)CO. The Bertz CT molecular complexity index is 470. The van der Waals surface area contributed by atoms with Crippen molar-refractivity contribution >= 4 is 9.84 Å². The first-order valence-electron chi connectivity index (χ1n) is 4.64. The van der Waals surface area contributed by atoms with E-state index in [-0.39, 0.29) is 11.5 Å². The molecule has 0 radical (unpaired) electrons. The molecule has 5 nitrogen and oxygen atoms in total. The molecule has 1 unspecified atom stereocenters. The first kappa shape index (κ1) is 13.0. The minimum atomic E-state index is -3.28. The number of sulfone groups is 1. The summed E-state index contributed by atoms with van der Waals surface area (Å²) in [5.74, 6) is 0.467. The highest BCUT2D eigenvalue weighted by atomic mass is 32.2. The molecule has 0 aliphatic heterocycles. The van der Waals surface area contributed by atoms with Gasteiger partial charge in [0.2, 0.25) is 0 Å². The number of benzene rings is 1. The largest absolute Gasteiger partial charge is 0.496 e. The lowest BCUT2D eigenvalue weighted by Gasteiger charge is -2.14. The normalized spacial score (nSPS) is 13.5. The van der Waals surface area contributed by atoms with E-state index < -0.39 is 15.9 Å². The standard InChI is InChI=1S/C10H15NO4S/c1-15-10-4-3-7(16(2,13)14)5-8(10)9(11)6-12/h3-5,9,12H,6,11H2,1-2H3. The highest BCUT2D eigenvalue weighted by Crippen LogP contribution is 2.26. The minimum absolute atomic E-state index is 0.159. The molecule has 1 rings (SSSR count). The van der Waals surface area contributed by atoms with Crippen LogP contribution < -0.4 is 10.5 Å². The highest BCUT2D eigenvalue weighted by molar-refractivity contribution is 7.90. The monoisotopic (exact) mass is 245 g/mol. The van der Waals surface area contributed by atoms with E-state index in [4.69, 9.17) is 15.6 Å². The van der Waals surface area contributed by atoms with Gasteiger partial charge < -0.3 is 15.6 Å². The van der Waals surface area contributed by atoms with Crippen LogP contribution in [0.4, 0.5) is 0 Å². The summed E-state index contributed by atoms with van der Waals surface area (Å²) in [6, 6.07) is 3.74. The molecule has 0 aromatic heterocycles. The summed E-state index contributed by atoms with van der Waals surface area (Å²) in [4.78, 5) is 0.159. The third kappa shape index (κ3) is 2.72. The van der Waals surface area contributed by atoms with E-state index in [1.165, 1.54) is 25.3 Å². The van der Waals surface area contributed by atoms with E-state index in [1.807, 2.05) is 0 Å². The molecule has 1 aromatic carbocycles. The van der Waals surface area contributed by atoms with Gasteiger partial charge in [0.15, 0.2) is 9.84 Å². The van der Waals surface area contributed by atoms with E-state index in [0.717, 1.165) is 6.26 Å². The molecule has 0 bridgehead atoms. The molecule has 90 valence electrons. The second-order valence-corrected chi connectivity index (χ2v) is 5.48. The van der Waals surface area contributed by atoms with Crippen molar-refractivity contribution in [2.75, 3.05) is 20.0 Å². The van der Waals surface area contributed by atoms with E-state index in [1.54, 1.807) is 0 Å². The zero-order valence-electron chi connectivity index (χ0n) is 9.17. The first-order chi connectivity index (χ1) is 7.40. The van der Waals surface area contributed by atoms with Crippen LogP contribution in [-0.2, 0) is 9.84 Å². The highest BCUT2D eigenvalue weighted by Gasteiger charge is 2.15. The number of aliphatic hydroxyl groups is 1. The smallest absolute Gasteiger partial charge is 0.175 e. The molecule has 16 heavy (non-hydrogen) atoms. The van der Waals surface area contributed by atoms with Crippen LogP contribution in [-0.4, -0.2) is 33.5 Å². The maximum absolute atomic E-state index is 11.4. The van der Waals surface area contributed by atoms with Crippen molar-refractivity contribution < 1.29 is 18.3 Å². The fourth-order valence-electron chi connectivity index (χ4n) is 1.33. The third-order valence-corrected chi connectivity index (χ3v) is 3.34. The summed E-state index contributed by atoms with van der Waals surface area (Å²) in [6.07, 6.45) is 1.11. The predicted octanol–water partition coefficient (Wildman–Crippen LogP) is 0.0908. The Labute approximate surface area is 94.8 Å². The fraction of sp³-hybridized carbons (Fsp3) is 0.400. The molecule has 0 amide bonds. The summed E-state index contributed by atoms with van der Waals surface area (Å²) in [6.45, 7) is -0.274. The molecule has 0 heterocycles. The summed E-state index contributed by atoms with van der Waals surface area (Å²) in [5.41, 5.74) is 6.14. The van der Waals surface area contributed by atoms with Crippen LogP contribution in [0.2, 0.25) is 0 Å². The average molecular weight is 245 g/mol. The Morgan fingerprint density at radius 2 is 2.12 bits per heavy atom. The van der Waals surface area contributed by atoms with Crippen LogP contribution in [0.15, 0.2) is 23.1 Å². The second kappa shape index (κ2) is 4.82. The van der Waals surface area contributed by atoms with Crippen molar-refractivity contribution in [3.63, 3.8) is 0 Å². The Balaban J connectivity index is 3.32. The molecular weight excluding hydrogens is 230 g/mol. The fourth-order valence-corrected chi connectivity index (χ4v) is 1.99. The zero-order chi connectivity index (χ0) is 12.3. The molecule has 1 atom stereocenters. The van der Waals surface area contributed by atoms with Gasteiger partial charge in [-0.05, 0) is 18.2 Å². The molecule has 0 aliphatic rings. The van der Waals surface area contributed by atoms with E-state index in [2.05, 4.69) is 0 Å². The second-order valence-electron chi connectivity index (χ2n) is 3.46. The quantitative estimate of drug-likeness (QED) is 0.784. The van der Waals surface area contributed by atoms with Crippen molar-refractivity contribution in [3.05, 3.63) is 23.8 Å². The average Bonchev–Trinajstić information content (AvgIpc) is 2.25. The molecule has 0 spiro atoms. The Hall–Kier alpha value is -1.11. The van der Waals surface area contributed by atoms with Gasteiger partial charge in [-0.25, -0.2) is 8.42 Å². The maximum Gasteiger partial charge on any atom is 0.175 e. The lowest BCUT2D eigenvalue weighted by Crippen LogP contribution is -2.16. The van der Waals surface area contributed by atoms with Gasteiger partial charge in [-0.3, -0.25) is 0 Å². The minimum Gasteiger partial charge on any atom is -0.496 e. The molecular formula is C10H15NO4S. The molecule has 3 N–H and O–H groups in total. The van der Waals surface area contributed by atoms with Crippen molar-refractivity contribution in [2.24, 2.45) is 5.73 Å². The van der Waals surface area contributed by atoms with Crippen LogP contribution >= 0.6 is 0 Å². The van der Waals surface area contributed by atoms with Crippen LogP contribution in [0, 0.1) is 0 Å². The summed E-state index contributed by atoms with van der Waals surface area (Å²) in [5, 5.41) is 8.97.